The van der Waals surface area contributed by atoms with Gasteiger partial charge in [0.2, 0.25) is 0 Å². The quantitative estimate of drug-likeness (QED) is 0.433. The maximum atomic E-state index is 12.3. The van der Waals surface area contributed by atoms with E-state index in [0.29, 0.717) is 16.3 Å². The number of hydrogen-bond donors (Lipinski definition) is 1. The lowest BCUT2D eigenvalue weighted by atomic mass is 10.2. The molecule has 1 heterocycles. The van der Waals surface area contributed by atoms with Crippen molar-refractivity contribution in [1.82, 2.24) is 4.98 Å². The Kier molecular flexibility index (Phi) is 6.00. The number of nitrogens with one attached hydrogen (secondary N) is 1. The molecule has 0 saturated heterocycles. The van der Waals surface area contributed by atoms with Crippen molar-refractivity contribution in [3.8, 4) is 10.6 Å². The molecule has 0 aliphatic rings. The number of hydrogen-bond acceptors (Lipinski definition) is 5. The molecular formula is C19H15IN2O3S. The van der Waals surface area contributed by atoms with Crippen LogP contribution in [-0.2, 0) is 9.53 Å². The average Bonchev–Trinajstić information content (AvgIpc) is 3.04. The first-order valence-electron chi connectivity index (χ1n) is 7.79. The van der Waals surface area contributed by atoms with Crippen LogP contribution < -0.4 is 5.32 Å². The molecule has 0 fully saturated rings. The van der Waals surface area contributed by atoms with Crippen LogP contribution in [0.3, 0.4) is 0 Å². The highest BCUT2D eigenvalue weighted by Gasteiger charge is 2.18. The summed E-state index contributed by atoms with van der Waals surface area (Å²) in [7, 11) is 0. The third-order valence-electron chi connectivity index (χ3n) is 3.49. The summed E-state index contributed by atoms with van der Waals surface area (Å²) in [5.74, 6) is -0.923. The van der Waals surface area contributed by atoms with Gasteiger partial charge in [-0.1, -0.05) is 42.5 Å². The zero-order valence-corrected chi connectivity index (χ0v) is 16.8. The van der Waals surface area contributed by atoms with E-state index in [1.54, 1.807) is 13.0 Å². The van der Waals surface area contributed by atoms with Crippen molar-refractivity contribution in [3.63, 3.8) is 0 Å². The summed E-state index contributed by atoms with van der Waals surface area (Å²) in [5, 5.41) is 3.48. The lowest BCUT2D eigenvalue weighted by molar-refractivity contribution is -0.119. The number of ether oxygens (including phenoxy) is 1. The van der Waals surface area contributed by atoms with E-state index in [4.69, 9.17) is 4.74 Å². The van der Waals surface area contributed by atoms with Gasteiger partial charge in [0.15, 0.2) is 6.61 Å². The fourth-order valence-corrected chi connectivity index (χ4v) is 3.72. The summed E-state index contributed by atoms with van der Waals surface area (Å²) in [6, 6.07) is 17.0. The summed E-state index contributed by atoms with van der Waals surface area (Å²) in [6.45, 7) is 1.41. The minimum atomic E-state index is -0.542. The van der Waals surface area contributed by atoms with Crippen LogP contribution in [0.1, 0.15) is 15.4 Å². The molecule has 3 aromatic rings. The summed E-state index contributed by atoms with van der Waals surface area (Å²) >= 11 is 3.39. The van der Waals surface area contributed by atoms with Crippen LogP contribution in [0.2, 0.25) is 0 Å². The Morgan fingerprint density at radius 3 is 2.54 bits per heavy atom. The van der Waals surface area contributed by atoms with Gasteiger partial charge in [-0.3, -0.25) is 4.79 Å². The van der Waals surface area contributed by atoms with Crippen molar-refractivity contribution >= 4 is 51.5 Å². The van der Waals surface area contributed by atoms with Gasteiger partial charge < -0.3 is 10.1 Å². The molecule has 1 aromatic heterocycles. The van der Waals surface area contributed by atoms with Crippen molar-refractivity contribution < 1.29 is 14.3 Å². The van der Waals surface area contributed by atoms with Crippen LogP contribution >= 0.6 is 33.9 Å². The number of anilines is 1. The average molecular weight is 478 g/mol. The molecule has 5 nitrogen and oxygen atoms in total. The van der Waals surface area contributed by atoms with E-state index < -0.39 is 5.97 Å². The Labute approximate surface area is 168 Å². The highest BCUT2D eigenvalue weighted by Crippen LogP contribution is 2.28. The predicted molar refractivity (Wildman–Crippen MR) is 110 cm³/mol. The van der Waals surface area contributed by atoms with Crippen molar-refractivity contribution in [2.45, 2.75) is 6.92 Å². The van der Waals surface area contributed by atoms with Gasteiger partial charge >= 0.3 is 5.97 Å². The molecule has 0 aliphatic heterocycles. The summed E-state index contributed by atoms with van der Waals surface area (Å²) in [6.07, 6.45) is 0. The number of amides is 1. The Morgan fingerprint density at radius 2 is 1.81 bits per heavy atom. The maximum absolute atomic E-state index is 12.3. The maximum Gasteiger partial charge on any atom is 0.350 e. The standard InChI is InChI=1S/C19H15IN2O3S/c1-12-17(26-18(21-12)13-7-3-2-4-8-13)19(24)25-11-16(23)22-15-10-6-5-9-14(15)20/h2-10H,11H2,1H3,(H,22,23). The van der Waals surface area contributed by atoms with Crippen molar-refractivity contribution in [2.24, 2.45) is 0 Å². The molecule has 0 aliphatic carbocycles. The van der Waals surface area contributed by atoms with Gasteiger partial charge in [0.25, 0.3) is 5.91 Å². The molecule has 0 bridgehead atoms. The predicted octanol–water partition coefficient (Wildman–Crippen LogP) is 4.52. The molecule has 3 rings (SSSR count). The summed E-state index contributed by atoms with van der Waals surface area (Å²) in [5.41, 5.74) is 2.22. The molecule has 0 atom stereocenters. The molecule has 132 valence electrons. The van der Waals surface area contributed by atoms with Gasteiger partial charge in [0.1, 0.15) is 9.88 Å². The van der Waals surface area contributed by atoms with Crippen LogP contribution in [0, 0.1) is 10.5 Å². The number of halogens is 1. The largest absolute Gasteiger partial charge is 0.451 e. The number of rotatable bonds is 5. The van der Waals surface area contributed by atoms with Crippen LogP contribution in [0.5, 0.6) is 0 Å². The summed E-state index contributed by atoms with van der Waals surface area (Å²) < 4.78 is 6.06. The van der Waals surface area contributed by atoms with Crippen LogP contribution in [-0.4, -0.2) is 23.5 Å². The fraction of sp³-hybridized carbons (Fsp3) is 0.105. The van der Waals surface area contributed by atoms with Crippen molar-refractivity contribution in [1.29, 1.82) is 0 Å². The van der Waals surface area contributed by atoms with Crippen molar-refractivity contribution in [3.05, 3.63) is 68.7 Å². The van der Waals surface area contributed by atoms with E-state index in [2.05, 4.69) is 32.9 Å². The number of esters is 1. The van der Waals surface area contributed by atoms with Crippen molar-refractivity contribution in [2.75, 3.05) is 11.9 Å². The first kappa shape index (κ1) is 18.5. The Morgan fingerprint density at radius 1 is 1.12 bits per heavy atom. The second-order valence-corrected chi connectivity index (χ2v) is 7.56. The Bertz CT molecular complexity index is 941. The molecule has 0 radical (unpaired) electrons. The molecule has 0 unspecified atom stereocenters. The highest BCUT2D eigenvalue weighted by atomic mass is 127. The number of carbonyl (C=O) groups is 2. The third-order valence-corrected chi connectivity index (χ3v) is 5.61. The van der Waals surface area contributed by atoms with E-state index in [9.17, 15) is 9.59 Å². The molecular weight excluding hydrogens is 463 g/mol. The van der Waals surface area contributed by atoms with E-state index in [1.165, 1.54) is 11.3 Å². The van der Waals surface area contributed by atoms with Gasteiger partial charge in [-0.25, -0.2) is 9.78 Å². The van der Waals surface area contributed by atoms with Gasteiger partial charge in [0, 0.05) is 9.13 Å². The molecule has 26 heavy (non-hydrogen) atoms. The van der Waals surface area contributed by atoms with Gasteiger partial charge in [0.05, 0.1) is 11.4 Å². The highest BCUT2D eigenvalue weighted by molar-refractivity contribution is 14.1. The van der Waals surface area contributed by atoms with E-state index in [1.807, 2.05) is 48.5 Å². The lowest BCUT2D eigenvalue weighted by Gasteiger charge is -2.07. The van der Waals surface area contributed by atoms with Gasteiger partial charge in [-0.15, -0.1) is 11.3 Å². The third kappa shape index (κ3) is 4.47. The number of aryl methyl sites for hydroxylation is 1. The number of nitrogens with zero attached hydrogens (tertiary/aromatic N) is 1. The number of thiazole rings is 1. The smallest absolute Gasteiger partial charge is 0.350 e. The van der Waals surface area contributed by atoms with E-state index in [0.717, 1.165) is 14.1 Å². The molecule has 0 spiro atoms. The molecule has 1 N–H and O–H groups in total. The van der Waals surface area contributed by atoms with Gasteiger partial charge in [-0.2, -0.15) is 0 Å². The number of benzene rings is 2. The van der Waals surface area contributed by atoms with Gasteiger partial charge in [-0.05, 0) is 41.6 Å². The fourth-order valence-electron chi connectivity index (χ4n) is 2.24. The normalized spacial score (nSPS) is 10.4. The number of carbonyl (C=O) groups excluding carboxylic acids is 2. The van der Waals surface area contributed by atoms with Crippen LogP contribution in [0.15, 0.2) is 54.6 Å². The van der Waals surface area contributed by atoms with Crippen LogP contribution in [0.4, 0.5) is 5.69 Å². The second kappa shape index (κ2) is 8.41. The molecule has 2 aromatic carbocycles. The number of para-hydroxylation sites is 1. The van der Waals surface area contributed by atoms with E-state index in [-0.39, 0.29) is 12.5 Å². The summed E-state index contributed by atoms with van der Waals surface area (Å²) in [4.78, 5) is 29.1. The van der Waals surface area contributed by atoms with E-state index >= 15 is 0 Å². The Balaban J connectivity index is 1.63. The first-order chi connectivity index (χ1) is 12.5. The topological polar surface area (TPSA) is 68.3 Å². The molecule has 0 saturated carbocycles. The minimum Gasteiger partial charge on any atom is -0.451 e. The first-order valence-corrected chi connectivity index (χ1v) is 9.68. The zero-order chi connectivity index (χ0) is 18.5. The second-order valence-electron chi connectivity index (χ2n) is 5.40. The SMILES string of the molecule is Cc1nc(-c2ccccc2)sc1C(=O)OCC(=O)Nc1ccccc1I. The van der Waals surface area contributed by atoms with Crippen LogP contribution in [0.25, 0.3) is 10.6 Å². The number of aromatic nitrogens is 1. The lowest BCUT2D eigenvalue weighted by Crippen LogP contribution is -2.21. The Hall–Kier alpha value is -2.26. The monoisotopic (exact) mass is 478 g/mol. The minimum absolute atomic E-state index is 0.345. The molecule has 7 heteroatoms. The molecule has 1 amide bonds. The zero-order valence-electron chi connectivity index (χ0n) is 13.9.